The maximum absolute atomic E-state index is 14.6. The number of aryl methyl sites for hydroxylation is 2. The first-order chi connectivity index (χ1) is 20.6. The SMILES string of the molecule is Cc1ccc(C)c(NC(=O)C2N([C@@H](CO)Cc3ccccc3)C(=O)[C@@H]3[C@H](C(=O)Nc4ccccc4)[C@@]4(C)OC23CC4C)c1. The minimum absolute atomic E-state index is 0.0965. The Morgan fingerprint density at radius 1 is 1.00 bits per heavy atom. The lowest BCUT2D eigenvalue weighted by molar-refractivity contribution is -0.147. The fraction of sp³-hybridized carbons (Fsp3) is 0.400. The molecule has 3 N–H and O–H groups in total. The summed E-state index contributed by atoms with van der Waals surface area (Å²) in [4.78, 5) is 44.6. The Bertz CT molecular complexity index is 1550. The van der Waals surface area contributed by atoms with Crippen molar-refractivity contribution >= 4 is 29.1 Å². The summed E-state index contributed by atoms with van der Waals surface area (Å²) in [6, 6.07) is 22.9. The Morgan fingerprint density at radius 2 is 1.67 bits per heavy atom. The van der Waals surface area contributed by atoms with Gasteiger partial charge in [0.2, 0.25) is 17.7 Å². The number of ether oxygens (including phenoxy) is 1. The lowest BCUT2D eigenvalue weighted by atomic mass is 9.62. The lowest BCUT2D eigenvalue weighted by Gasteiger charge is -2.37. The van der Waals surface area contributed by atoms with Crippen LogP contribution in [0.2, 0.25) is 0 Å². The highest BCUT2D eigenvalue weighted by atomic mass is 16.5. The monoisotopic (exact) mass is 581 g/mol. The molecule has 0 aliphatic carbocycles. The standard InChI is InChI=1S/C35H39N3O5/c1-21-15-16-22(2)27(17-21)37-32(41)30-35-19-23(3)34(4,43-35)28(31(40)36-25-13-9-6-10-14-25)29(35)33(42)38(30)26(20-39)18-24-11-7-5-8-12-24/h5-17,23,26,28-30,39H,18-20H2,1-4H3,(H,36,40)(H,37,41)/t23?,26-,28-,29+,30?,34+,35?/m1/s1. The van der Waals surface area contributed by atoms with Crippen LogP contribution in [0.3, 0.4) is 0 Å². The number of likely N-dealkylation sites (tertiary alicyclic amines) is 1. The smallest absolute Gasteiger partial charge is 0.250 e. The van der Waals surface area contributed by atoms with Crippen LogP contribution in [0.25, 0.3) is 0 Å². The second kappa shape index (κ2) is 10.9. The number of aliphatic hydroxyl groups excluding tert-OH is 1. The highest BCUT2D eigenvalue weighted by Gasteiger charge is 2.80. The molecule has 224 valence electrons. The summed E-state index contributed by atoms with van der Waals surface area (Å²) in [5.41, 5.74) is 1.93. The predicted molar refractivity (Wildman–Crippen MR) is 164 cm³/mol. The highest BCUT2D eigenvalue weighted by molar-refractivity contribution is 6.05. The van der Waals surface area contributed by atoms with Crippen LogP contribution in [-0.2, 0) is 25.5 Å². The zero-order valence-corrected chi connectivity index (χ0v) is 25.0. The van der Waals surface area contributed by atoms with Crippen LogP contribution in [0.4, 0.5) is 11.4 Å². The number of amides is 3. The second-order valence-electron chi connectivity index (χ2n) is 12.6. The van der Waals surface area contributed by atoms with E-state index in [4.69, 9.17) is 4.74 Å². The van der Waals surface area contributed by atoms with Crippen LogP contribution in [0.5, 0.6) is 0 Å². The molecule has 3 unspecified atom stereocenters. The number of carbonyl (C=O) groups excluding carboxylic acids is 3. The summed E-state index contributed by atoms with van der Waals surface area (Å²) in [6.07, 6.45) is 0.798. The third-order valence-corrected chi connectivity index (χ3v) is 9.89. The molecule has 3 aliphatic heterocycles. The molecule has 3 amide bonds. The van der Waals surface area contributed by atoms with Gasteiger partial charge in [-0.2, -0.15) is 0 Å². The third kappa shape index (κ3) is 4.73. The Kier molecular flexibility index (Phi) is 7.39. The molecule has 0 radical (unpaired) electrons. The van der Waals surface area contributed by atoms with E-state index in [2.05, 4.69) is 10.6 Å². The van der Waals surface area contributed by atoms with Gasteiger partial charge >= 0.3 is 0 Å². The Labute approximate surface area is 252 Å². The summed E-state index contributed by atoms with van der Waals surface area (Å²) in [7, 11) is 0. The van der Waals surface area contributed by atoms with E-state index in [9.17, 15) is 19.5 Å². The van der Waals surface area contributed by atoms with Crippen molar-refractivity contribution < 1.29 is 24.2 Å². The molecule has 7 atom stereocenters. The summed E-state index contributed by atoms with van der Waals surface area (Å²) in [6.45, 7) is 7.45. The van der Waals surface area contributed by atoms with Crippen molar-refractivity contribution in [3.8, 4) is 0 Å². The first kappa shape index (κ1) is 29.1. The molecule has 0 saturated carbocycles. The van der Waals surface area contributed by atoms with E-state index in [1.807, 2.05) is 94.4 Å². The minimum atomic E-state index is -1.23. The molecule has 0 aromatic heterocycles. The zero-order valence-electron chi connectivity index (χ0n) is 25.0. The van der Waals surface area contributed by atoms with E-state index in [0.717, 1.165) is 16.7 Å². The summed E-state index contributed by atoms with van der Waals surface area (Å²) >= 11 is 0. The van der Waals surface area contributed by atoms with Crippen molar-refractivity contribution in [2.24, 2.45) is 17.8 Å². The number of nitrogens with zero attached hydrogens (tertiary/aromatic N) is 1. The van der Waals surface area contributed by atoms with Crippen molar-refractivity contribution in [2.45, 2.75) is 63.8 Å². The largest absolute Gasteiger partial charge is 0.394 e. The number of hydrogen-bond donors (Lipinski definition) is 3. The van der Waals surface area contributed by atoms with Crippen molar-refractivity contribution in [3.05, 3.63) is 95.6 Å². The van der Waals surface area contributed by atoms with Gasteiger partial charge in [0.05, 0.1) is 30.1 Å². The molecular formula is C35H39N3O5. The fourth-order valence-corrected chi connectivity index (χ4v) is 7.72. The molecular weight excluding hydrogens is 542 g/mol. The van der Waals surface area contributed by atoms with Gasteiger partial charge in [-0.3, -0.25) is 14.4 Å². The molecule has 43 heavy (non-hydrogen) atoms. The quantitative estimate of drug-likeness (QED) is 0.363. The molecule has 2 bridgehead atoms. The molecule has 8 nitrogen and oxygen atoms in total. The van der Waals surface area contributed by atoms with Crippen LogP contribution in [0.15, 0.2) is 78.9 Å². The van der Waals surface area contributed by atoms with Crippen molar-refractivity contribution in [2.75, 3.05) is 17.2 Å². The summed E-state index contributed by atoms with van der Waals surface area (Å²) in [5, 5.41) is 16.8. The Balaban J connectivity index is 1.43. The van der Waals surface area contributed by atoms with E-state index >= 15 is 0 Å². The molecule has 3 aromatic rings. The highest BCUT2D eigenvalue weighted by Crippen LogP contribution is 2.65. The molecule has 3 fully saturated rings. The minimum Gasteiger partial charge on any atom is -0.394 e. The molecule has 3 aliphatic rings. The van der Waals surface area contributed by atoms with Gasteiger partial charge in [-0.1, -0.05) is 67.6 Å². The molecule has 3 saturated heterocycles. The summed E-state index contributed by atoms with van der Waals surface area (Å²) in [5.74, 6) is -2.81. The number of para-hydroxylation sites is 1. The van der Waals surface area contributed by atoms with Gasteiger partial charge in [0.25, 0.3) is 0 Å². The number of fused-ring (bicyclic) bond motifs is 1. The van der Waals surface area contributed by atoms with E-state index in [1.165, 1.54) is 4.90 Å². The van der Waals surface area contributed by atoms with E-state index < -0.39 is 35.1 Å². The van der Waals surface area contributed by atoms with E-state index in [-0.39, 0.29) is 30.2 Å². The van der Waals surface area contributed by atoms with E-state index in [1.54, 1.807) is 12.1 Å². The van der Waals surface area contributed by atoms with Crippen molar-refractivity contribution in [1.82, 2.24) is 4.90 Å². The summed E-state index contributed by atoms with van der Waals surface area (Å²) < 4.78 is 6.86. The Morgan fingerprint density at radius 3 is 2.35 bits per heavy atom. The molecule has 1 spiro atoms. The van der Waals surface area contributed by atoms with E-state index in [0.29, 0.717) is 24.2 Å². The molecule has 6 rings (SSSR count). The molecule has 8 heteroatoms. The van der Waals surface area contributed by atoms with Crippen molar-refractivity contribution in [3.63, 3.8) is 0 Å². The number of rotatable bonds is 8. The number of aliphatic hydroxyl groups is 1. The van der Waals surface area contributed by atoms with Gasteiger partial charge in [-0.05, 0) is 74.4 Å². The van der Waals surface area contributed by atoms with Crippen LogP contribution < -0.4 is 10.6 Å². The number of nitrogens with one attached hydrogen (secondary N) is 2. The number of anilines is 2. The van der Waals surface area contributed by atoms with Gasteiger partial charge in [-0.15, -0.1) is 0 Å². The number of benzene rings is 3. The van der Waals surface area contributed by atoms with Crippen LogP contribution in [0.1, 0.15) is 37.0 Å². The van der Waals surface area contributed by atoms with Gasteiger partial charge in [0, 0.05) is 11.4 Å². The van der Waals surface area contributed by atoms with Gasteiger partial charge in [0.15, 0.2) is 0 Å². The van der Waals surface area contributed by atoms with Crippen LogP contribution >= 0.6 is 0 Å². The first-order valence-corrected chi connectivity index (χ1v) is 15.0. The normalized spacial score (nSPS) is 29.8. The topological polar surface area (TPSA) is 108 Å². The third-order valence-electron chi connectivity index (χ3n) is 9.89. The van der Waals surface area contributed by atoms with Gasteiger partial charge < -0.3 is 25.4 Å². The first-order valence-electron chi connectivity index (χ1n) is 15.0. The van der Waals surface area contributed by atoms with Crippen LogP contribution in [-0.4, -0.2) is 57.6 Å². The molecule has 3 aromatic carbocycles. The fourth-order valence-electron chi connectivity index (χ4n) is 7.72. The average molecular weight is 582 g/mol. The zero-order chi connectivity index (χ0) is 30.5. The number of hydrogen-bond acceptors (Lipinski definition) is 5. The second-order valence-corrected chi connectivity index (χ2v) is 12.6. The Hall–Kier alpha value is -4.01. The average Bonchev–Trinajstić information content (AvgIpc) is 3.51. The van der Waals surface area contributed by atoms with Crippen molar-refractivity contribution in [1.29, 1.82) is 0 Å². The maximum Gasteiger partial charge on any atom is 0.250 e. The van der Waals surface area contributed by atoms with Gasteiger partial charge in [-0.25, -0.2) is 0 Å². The lowest BCUT2D eigenvalue weighted by Crippen LogP contribution is -2.57. The predicted octanol–water partition coefficient (Wildman–Crippen LogP) is 4.49. The molecule has 3 heterocycles. The number of carbonyl (C=O) groups is 3. The van der Waals surface area contributed by atoms with Crippen LogP contribution in [0, 0.1) is 31.6 Å². The maximum atomic E-state index is 14.6. The van der Waals surface area contributed by atoms with Gasteiger partial charge in [0.1, 0.15) is 11.6 Å².